The lowest BCUT2D eigenvalue weighted by Gasteiger charge is -2.38. The summed E-state index contributed by atoms with van der Waals surface area (Å²) in [7, 11) is -7.35. The van der Waals surface area contributed by atoms with Crippen LogP contribution in [0.15, 0.2) is 36.4 Å². The number of aryl methyl sites for hydroxylation is 4. The van der Waals surface area contributed by atoms with Gasteiger partial charge in [-0.2, -0.15) is 0 Å². The summed E-state index contributed by atoms with van der Waals surface area (Å²) in [6, 6.07) is 12.5. The average Bonchev–Trinajstić information content (AvgIpc) is 2.51. The van der Waals surface area contributed by atoms with E-state index in [9.17, 15) is 0 Å². The average molecular weight is 449 g/mol. The Kier molecular flexibility index (Phi) is 7.22. The zero-order valence-corrected chi connectivity index (χ0v) is 22.6. The van der Waals surface area contributed by atoms with Crippen LogP contribution in [-0.2, 0) is 8.23 Å². The van der Waals surface area contributed by atoms with E-state index in [-0.39, 0.29) is 0 Å². The van der Waals surface area contributed by atoms with E-state index in [2.05, 4.69) is 103 Å². The van der Waals surface area contributed by atoms with Gasteiger partial charge in [-0.25, -0.2) is 0 Å². The van der Waals surface area contributed by atoms with Gasteiger partial charge < -0.3 is 17.1 Å². The highest BCUT2D eigenvalue weighted by Gasteiger charge is 2.43. The minimum Gasteiger partial charge on any atom is -0.521 e. The lowest BCUT2D eigenvalue weighted by molar-refractivity contribution is 0.301. The van der Waals surface area contributed by atoms with Gasteiger partial charge in [-0.3, -0.25) is 0 Å². The summed E-state index contributed by atoms with van der Waals surface area (Å²) in [5.74, 6) is 1.80. The van der Waals surface area contributed by atoms with E-state index in [0.717, 1.165) is 22.6 Å². The molecule has 0 saturated carbocycles. The molecule has 0 heterocycles. The van der Waals surface area contributed by atoms with Gasteiger partial charge in [0.25, 0.3) is 0 Å². The predicted octanol–water partition coefficient (Wildman–Crippen LogP) is 6.52. The second-order valence-corrected chi connectivity index (χ2v) is 19.6. The van der Waals surface area contributed by atoms with Crippen LogP contribution in [-0.4, -0.2) is 25.7 Å². The molecular formula is C22H36O4Si3. The van der Waals surface area contributed by atoms with Crippen molar-refractivity contribution >= 4 is 25.7 Å². The van der Waals surface area contributed by atoms with E-state index in [1.807, 2.05) is 0 Å². The Morgan fingerprint density at radius 1 is 0.517 bits per heavy atom. The Balaban J connectivity index is 2.10. The van der Waals surface area contributed by atoms with Crippen LogP contribution in [0, 0.1) is 27.7 Å². The SMILES string of the molecule is Cc1ccc(C)c(O[Si](C)(C)O[Si](C)(C)O[Si](C)(C)Oc2cc(C)ccc2C)c1. The van der Waals surface area contributed by atoms with Crippen LogP contribution in [0.5, 0.6) is 11.5 Å². The molecule has 0 unspecified atom stereocenters. The standard InChI is InChI=1S/C22H36O4Si3/c1-17-11-13-19(3)21(15-17)23-27(5,6)25-29(9,10)26-28(7,8)24-22-16-18(2)12-14-20(22)4/h11-16H,1-10H3. The van der Waals surface area contributed by atoms with E-state index in [0.29, 0.717) is 0 Å². The first-order valence-electron chi connectivity index (χ1n) is 10.1. The minimum atomic E-state index is -2.47. The topological polar surface area (TPSA) is 36.9 Å². The largest absolute Gasteiger partial charge is 0.521 e. The molecule has 0 aromatic heterocycles. The second-order valence-electron chi connectivity index (χ2n) is 9.15. The van der Waals surface area contributed by atoms with Crippen molar-refractivity contribution in [1.82, 2.24) is 0 Å². The highest BCUT2D eigenvalue weighted by molar-refractivity contribution is 6.84. The van der Waals surface area contributed by atoms with Crippen molar-refractivity contribution in [3.63, 3.8) is 0 Å². The molecule has 0 spiro atoms. The van der Waals surface area contributed by atoms with Crippen LogP contribution in [0.1, 0.15) is 22.3 Å². The highest BCUT2D eigenvalue weighted by atomic mass is 28.5. The lowest BCUT2D eigenvalue weighted by atomic mass is 10.1. The Hall–Kier alpha value is -1.39. The molecule has 2 aromatic carbocycles. The molecule has 0 N–H and O–H groups in total. The van der Waals surface area contributed by atoms with Crippen molar-refractivity contribution in [2.45, 2.75) is 67.0 Å². The van der Waals surface area contributed by atoms with Gasteiger partial charge in [0, 0.05) is 0 Å². The number of rotatable bonds is 8. The van der Waals surface area contributed by atoms with Gasteiger partial charge in [-0.05, 0) is 101 Å². The Bertz CT molecular complexity index is 794. The summed E-state index contributed by atoms with van der Waals surface area (Å²) in [5, 5.41) is 0. The van der Waals surface area contributed by atoms with Gasteiger partial charge in [0.1, 0.15) is 11.5 Å². The third kappa shape index (κ3) is 7.42. The van der Waals surface area contributed by atoms with Crippen molar-refractivity contribution < 1.29 is 17.1 Å². The monoisotopic (exact) mass is 448 g/mol. The molecule has 4 nitrogen and oxygen atoms in total. The molecule has 0 fully saturated rings. The van der Waals surface area contributed by atoms with Crippen LogP contribution in [0.25, 0.3) is 0 Å². The molecule has 0 saturated heterocycles. The molecule has 0 radical (unpaired) electrons. The van der Waals surface area contributed by atoms with E-state index in [4.69, 9.17) is 17.1 Å². The van der Waals surface area contributed by atoms with Crippen LogP contribution >= 0.6 is 0 Å². The fourth-order valence-corrected chi connectivity index (χ4v) is 15.3. The predicted molar refractivity (Wildman–Crippen MR) is 128 cm³/mol. The maximum Gasteiger partial charge on any atom is 0.383 e. The molecule has 0 amide bonds. The van der Waals surface area contributed by atoms with Crippen molar-refractivity contribution in [1.29, 1.82) is 0 Å². The summed E-state index contributed by atoms with van der Waals surface area (Å²) in [6.07, 6.45) is 0. The lowest BCUT2D eigenvalue weighted by Crippen LogP contribution is -2.56. The summed E-state index contributed by atoms with van der Waals surface area (Å²) < 4.78 is 25.8. The van der Waals surface area contributed by atoms with Crippen molar-refractivity contribution in [3.8, 4) is 11.5 Å². The minimum absolute atomic E-state index is 0.898. The third-order valence-corrected chi connectivity index (χ3v) is 13.7. The fourth-order valence-electron chi connectivity index (χ4n) is 3.41. The molecule has 0 atom stereocenters. The van der Waals surface area contributed by atoms with Gasteiger partial charge in [0.2, 0.25) is 0 Å². The van der Waals surface area contributed by atoms with E-state index in [1.165, 1.54) is 11.1 Å². The highest BCUT2D eigenvalue weighted by Crippen LogP contribution is 2.28. The zero-order chi connectivity index (χ0) is 22.0. The van der Waals surface area contributed by atoms with Crippen LogP contribution in [0.4, 0.5) is 0 Å². The van der Waals surface area contributed by atoms with E-state index >= 15 is 0 Å². The molecule has 0 aliphatic carbocycles. The molecule has 2 aromatic rings. The molecule has 0 bridgehead atoms. The first-order chi connectivity index (χ1) is 13.2. The first kappa shape index (κ1) is 23.9. The van der Waals surface area contributed by atoms with Crippen LogP contribution < -0.4 is 8.85 Å². The van der Waals surface area contributed by atoms with Crippen molar-refractivity contribution in [3.05, 3.63) is 58.7 Å². The fraction of sp³-hybridized carbons (Fsp3) is 0.455. The maximum atomic E-state index is 6.54. The summed E-state index contributed by atoms with van der Waals surface area (Å²) in [4.78, 5) is 0. The summed E-state index contributed by atoms with van der Waals surface area (Å²) in [6.45, 7) is 20.7. The molecule has 7 heteroatoms. The number of benzene rings is 2. The molecule has 0 aliphatic rings. The molecule has 0 aliphatic heterocycles. The number of hydrogen-bond acceptors (Lipinski definition) is 4. The van der Waals surface area contributed by atoms with Gasteiger partial charge in [0.05, 0.1) is 0 Å². The van der Waals surface area contributed by atoms with E-state index < -0.39 is 25.7 Å². The van der Waals surface area contributed by atoms with Crippen molar-refractivity contribution in [2.24, 2.45) is 0 Å². The summed E-state index contributed by atoms with van der Waals surface area (Å²) >= 11 is 0. The third-order valence-electron chi connectivity index (χ3n) is 4.38. The molecule has 29 heavy (non-hydrogen) atoms. The van der Waals surface area contributed by atoms with E-state index in [1.54, 1.807) is 0 Å². The quantitative estimate of drug-likeness (QED) is 0.431. The molecule has 2 rings (SSSR count). The summed E-state index contributed by atoms with van der Waals surface area (Å²) in [5.41, 5.74) is 4.60. The van der Waals surface area contributed by atoms with Crippen molar-refractivity contribution in [2.75, 3.05) is 0 Å². The Labute approximate surface area is 179 Å². The Morgan fingerprint density at radius 2 is 0.862 bits per heavy atom. The maximum absolute atomic E-state index is 6.54. The van der Waals surface area contributed by atoms with Gasteiger partial charge >= 0.3 is 25.7 Å². The van der Waals surface area contributed by atoms with Gasteiger partial charge in [-0.1, -0.05) is 24.3 Å². The van der Waals surface area contributed by atoms with Crippen LogP contribution in [0.2, 0.25) is 39.3 Å². The molecule has 160 valence electrons. The smallest absolute Gasteiger partial charge is 0.383 e. The second kappa shape index (κ2) is 8.77. The molecular weight excluding hydrogens is 412 g/mol. The first-order valence-corrected chi connectivity index (χ1v) is 18.6. The number of hydrogen-bond donors (Lipinski definition) is 0. The zero-order valence-electron chi connectivity index (χ0n) is 19.6. The normalized spacial score (nSPS) is 12.8. The van der Waals surface area contributed by atoms with Gasteiger partial charge in [0.15, 0.2) is 0 Å². The van der Waals surface area contributed by atoms with Gasteiger partial charge in [-0.15, -0.1) is 0 Å². The van der Waals surface area contributed by atoms with Crippen LogP contribution in [0.3, 0.4) is 0 Å². The Morgan fingerprint density at radius 3 is 1.21 bits per heavy atom.